The van der Waals surface area contributed by atoms with Crippen molar-refractivity contribution < 1.29 is 4.79 Å². The molecule has 1 heteroatoms. The Morgan fingerprint density at radius 1 is 1.58 bits per heavy atom. The number of hydrogen-bond acceptors (Lipinski definition) is 1. The predicted molar refractivity (Wildman–Crippen MR) is 49.6 cm³/mol. The molecule has 0 aromatic carbocycles. The van der Waals surface area contributed by atoms with Crippen LogP contribution in [0, 0.1) is 24.2 Å². The number of rotatable bonds is 3. The number of terminal acetylenes is 1. The lowest BCUT2D eigenvalue weighted by molar-refractivity contribution is -0.123. The van der Waals surface area contributed by atoms with Crippen LogP contribution < -0.4 is 0 Å². The fourth-order valence-corrected chi connectivity index (χ4v) is 2.00. The number of ketones is 1. The molecular formula is C11H16O. The Kier molecular flexibility index (Phi) is 3.34. The van der Waals surface area contributed by atoms with Gasteiger partial charge in [0.25, 0.3) is 0 Å². The van der Waals surface area contributed by atoms with Gasteiger partial charge in [-0.2, -0.15) is 0 Å². The van der Waals surface area contributed by atoms with Gasteiger partial charge in [-0.1, -0.05) is 13.3 Å². The van der Waals surface area contributed by atoms with Crippen molar-refractivity contribution in [2.45, 2.75) is 39.0 Å². The number of carbonyl (C=O) groups is 1. The highest BCUT2D eigenvalue weighted by atomic mass is 16.1. The van der Waals surface area contributed by atoms with Gasteiger partial charge in [0.15, 0.2) is 0 Å². The molecule has 0 saturated heterocycles. The van der Waals surface area contributed by atoms with Crippen molar-refractivity contribution in [1.82, 2.24) is 0 Å². The normalized spacial score (nSPS) is 28.3. The summed E-state index contributed by atoms with van der Waals surface area (Å²) in [6.45, 7) is 2.17. The van der Waals surface area contributed by atoms with Crippen LogP contribution in [-0.2, 0) is 4.79 Å². The Hall–Kier alpha value is -0.770. The summed E-state index contributed by atoms with van der Waals surface area (Å²) >= 11 is 0. The molecule has 66 valence electrons. The molecule has 0 heterocycles. The number of carbonyl (C=O) groups excluding carboxylic acids is 1. The van der Waals surface area contributed by atoms with E-state index in [0.29, 0.717) is 30.5 Å². The maximum atomic E-state index is 11.5. The Morgan fingerprint density at radius 3 is 2.83 bits per heavy atom. The van der Waals surface area contributed by atoms with Crippen LogP contribution in [0.25, 0.3) is 0 Å². The van der Waals surface area contributed by atoms with Gasteiger partial charge in [-0.3, -0.25) is 4.79 Å². The molecule has 1 aliphatic rings. The van der Waals surface area contributed by atoms with Gasteiger partial charge in [0.1, 0.15) is 5.78 Å². The summed E-state index contributed by atoms with van der Waals surface area (Å²) in [6, 6.07) is 0. The van der Waals surface area contributed by atoms with Crippen molar-refractivity contribution in [2.24, 2.45) is 11.8 Å². The van der Waals surface area contributed by atoms with Crippen molar-refractivity contribution in [1.29, 1.82) is 0 Å². The zero-order valence-electron chi connectivity index (χ0n) is 7.68. The predicted octanol–water partition coefficient (Wildman–Crippen LogP) is 2.41. The van der Waals surface area contributed by atoms with Crippen molar-refractivity contribution in [3.63, 3.8) is 0 Å². The monoisotopic (exact) mass is 164 g/mol. The molecular weight excluding hydrogens is 148 g/mol. The summed E-state index contributed by atoms with van der Waals surface area (Å²) in [5.74, 6) is 3.81. The van der Waals surface area contributed by atoms with Crippen LogP contribution in [-0.4, -0.2) is 5.78 Å². The fourth-order valence-electron chi connectivity index (χ4n) is 2.00. The lowest BCUT2D eigenvalue weighted by Crippen LogP contribution is -2.16. The molecule has 1 aliphatic carbocycles. The minimum atomic E-state index is 0.318. The Morgan fingerprint density at radius 2 is 2.33 bits per heavy atom. The minimum Gasteiger partial charge on any atom is -0.299 e. The van der Waals surface area contributed by atoms with E-state index in [0.717, 1.165) is 6.42 Å². The third-order valence-electron chi connectivity index (χ3n) is 2.79. The van der Waals surface area contributed by atoms with Gasteiger partial charge in [0.2, 0.25) is 0 Å². The van der Waals surface area contributed by atoms with E-state index < -0.39 is 0 Å². The van der Waals surface area contributed by atoms with Gasteiger partial charge in [-0.25, -0.2) is 0 Å². The highest BCUT2D eigenvalue weighted by Gasteiger charge is 2.28. The summed E-state index contributed by atoms with van der Waals surface area (Å²) in [6.07, 6.45) is 9.83. The smallest absolute Gasteiger partial charge is 0.137 e. The molecule has 0 spiro atoms. The summed E-state index contributed by atoms with van der Waals surface area (Å²) in [5.41, 5.74) is 0. The second-order valence-corrected chi connectivity index (χ2v) is 3.69. The first-order chi connectivity index (χ1) is 5.75. The molecule has 0 amide bonds. The van der Waals surface area contributed by atoms with Crippen LogP contribution in [0.5, 0.6) is 0 Å². The molecule has 0 bridgehead atoms. The van der Waals surface area contributed by atoms with E-state index >= 15 is 0 Å². The topological polar surface area (TPSA) is 17.1 Å². The van der Waals surface area contributed by atoms with E-state index in [1.165, 1.54) is 12.8 Å². The molecule has 1 nitrogen and oxygen atoms in total. The van der Waals surface area contributed by atoms with E-state index in [4.69, 9.17) is 6.42 Å². The van der Waals surface area contributed by atoms with E-state index in [-0.39, 0.29) is 0 Å². The summed E-state index contributed by atoms with van der Waals surface area (Å²) in [5, 5.41) is 0. The van der Waals surface area contributed by atoms with Crippen LogP contribution in [0.2, 0.25) is 0 Å². The second-order valence-electron chi connectivity index (χ2n) is 3.69. The molecule has 0 N–H and O–H groups in total. The summed E-state index contributed by atoms with van der Waals surface area (Å²) in [4.78, 5) is 11.5. The van der Waals surface area contributed by atoms with Gasteiger partial charge < -0.3 is 0 Å². The maximum absolute atomic E-state index is 11.5. The lowest BCUT2D eigenvalue weighted by atomic mass is 9.91. The molecule has 0 aliphatic heterocycles. The van der Waals surface area contributed by atoms with Gasteiger partial charge >= 0.3 is 0 Å². The zero-order chi connectivity index (χ0) is 8.97. The molecule has 1 fully saturated rings. The Bertz CT molecular complexity index is 200. The Labute approximate surface area is 74.5 Å². The average molecular weight is 164 g/mol. The molecule has 0 aromatic heterocycles. The van der Waals surface area contributed by atoms with Crippen LogP contribution >= 0.6 is 0 Å². The third kappa shape index (κ3) is 2.11. The zero-order valence-corrected chi connectivity index (χ0v) is 7.68. The number of Topliss-reactive ketones (excluding diaryl/α,β-unsaturated/α-hetero) is 1. The highest BCUT2D eigenvalue weighted by molar-refractivity contribution is 5.81. The molecule has 0 radical (unpaired) electrons. The molecule has 12 heavy (non-hydrogen) atoms. The molecule has 2 unspecified atom stereocenters. The van der Waals surface area contributed by atoms with Crippen molar-refractivity contribution in [3.8, 4) is 12.3 Å². The third-order valence-corrected chi connectivity index (χ3v) is 2.79. The molecule has 0 aromatic rings. The van der Waals surface area contributed by atoms with Gasteiger partial charge in [-0.15, -0.1) is 12.3 Å². The van der Waals surface area contributed by atoms with Gasteiger partial charge in [0, 0.05) is 18.8 Å². The summed E-state index contributed by atoms with van der Waals surface area (Å²) in [7, 11) is 0. The van der Waals surface area contributed by atoms with E-state index in [2.05, 4.69) is 12.8 Å². The van der Waals surface area contributed by atoms with E-state index in [1.807, 2.05) is 0 Å². The molecule has 1 rings (SSSR count). The van der Waals surface area contributed by atoms with Crippen molar-refractivity contribution in [2.75, 3.05) is 0 Å². The summed E-state index contributed by atoms with van der Waals surface area (Å²) < 4.78 is 0. The van der Waals surface area contributed by atoms with Crippen LogP contribution in [0.3, 0.4) is 0 Å². The van der Waals surface area contributed by atoms with E-state index in [1.54, 1.807) is 0 Å². The fraction of sp³-hybridized carbons (Fsp3) is 0.727. The number of hydrogen-bond donors (Lipinski definition) is 0. The first kappa shape index (κ1) is 9.32. The largest absolute Gasteiger partial charge is 0.299 e. The van der Waals surface area contributed by atoms with Gasteiger partial charge in [0.05, 0.1) is 0 Å². The molecule has 2 atom stereocenters. The standard InChI is InChI=1S/C11H16O/c1-3-4-8-11(12)10-7-5-6-9(10)2/h1,9-10H,4-8H2,2H3. The average Bonchev–Trinajstić information content (AvgIpc) is 2.47. The SMILES string of the molecule is C#CCCC(=O)C1CCCC1C. The van der Waals surface area contributed by atoms with Gasteiger partial charge in [-0.05, 0) is 18.8 Å². The minimum absolute atomic E-state index is 0.318. The van der Waals surface area contributed by atoms with Crippen molar-refractivity contribution >= 4 is 5.78 Å². The second kappa shape index (κ2) is 4.30. The highest BCUT2D eigenvalue weighted by Crippen LogP contribution is 2.32. The first-order valence-electron chi connectivity index (χ1n) is 4.72. The van der Waals surface area contributed by atoms with Crippen LogP contribution in [0.15, 0.2) is 0 Å². The first-order valence-corrected chi connectivity index (χ1v) is 4.72. The quantitative estimate of drug-likeness (QED) is 0.585. The van der Waals surface area contributed by atoms with Crippen molar-refractivity contribution in [3.05, 3.63) is 0 Å². The van der Waals surface area contributed by atoms with E-state index in [9.17, 15) is 4.79 Å². The van der Waals surface area contributed by atoms with Crippen LogP contribution in [0.4, 0.5) is 0 Å². The molecule has 1 saturated carbocycles. The lowest BCUT2D eigenvalue weighted by Gasteiger charge is -2.12. The Balaban J connectivity index is 2.37. The maximum Gasteiger partial charge on any atom is 0.137 e. The van der Waals surface area contributed by atoms with Crippen LogP contribution in [0.1, 0.15) is 39.0 Å².